The summed E-state index contributed by atoms with van der Waals surface area (Å²) in [5.74, 6) is 0.768. The molecule has 0 saturated carbocycles. The lowest BCUT2D eigenvalue weighted by atomic mass is 10.1. The molecule has 6 nitrogen and oxygen atoms in total. The molecule has 1 heterocycles. The zero-order chi connectivity index (χ0) is 19.3. The Bertz CT molecular complexity index is 939. The van der Waals surface area contributed by atoms with Crippen molar-refractivity contribution in [3.63, 3.8) is 0 Å². The molecule has 2 aromatic carbocycles. The second kappa shape index (κ2) is 8.29. The third-order valence-electron chi connectivity index (χ3n) is 4.77. The molecule has 0 radical (unpaired) electrons. The molecule has 1 aliphatic rings. The first kappa shape index (κ1) is 18.3. The highest BCUT2D eigenvalue weighted by Gasteiger charge is 2.31. The SMILES string of the molecule is O=C(Nc1cccc(COCc2ccco2)c1)N[C@@H]1c2ccccc2C[C@@H]1O. The average molecular weight is 378 g/mol. The van der Waals surface area contributed by atoms with Gasteiger partial charge in [-0.1, -0.05) is 36.4 Å². The van der Waals surface area contributed by atoms with E-state index in [-0.39, 0.29) is 6.03 Å². The highest BCUT2D eigenvalue weighted by Crippen LogP contribution is 2.31. The molecule has 3 aromatic rings. The van der Waals surface area contributed by atoms with Crippen LogP contribution >= 0.6 is 0 Å². The molecule has 4 rings (SSSR count). The summed E-state index contributed by atoms with van der Waals surface area (Å²) < 4.78 is 10.9. The molecule has 0 unspecified atom stereocenters. The predicted octanol–water partition coefficient (Wildman–Crippen LogP) is 3.78. The van der Waals surface area contributed by atoms with Gasteiger partial charge in [-0.05, 0) is 41.0 Å². The highest BCUT2D eigenvalue weighted by atomic mass is 16.5. The van der Waals surface area contributed by atoms with Gasteiger partial charge in [0.2, 0.25) is 0 Å². The number of anilines is 1. The molecule has 28 heavy (non-hydrogen) atoms. The van der Waals surface area contributed by atoms with Crippen LogP contribution in [0, 0.1) is 0 Å². The van der Waals surface area contributed by atoms with E-state index in [0.29, 0.717) is 25.3 Å². The van der Waals surface area contributed by atoms with Gasteiger partial charge in [-0.25, -0.2) is 4.79 Å². The predicted molar refractivity (Wildman–Crippen MR) is 105 cm³/mol. The van der Waals surface area contributed by atoms with Crippen LogP contribution in [-0.2, 0) is 24.4 Å². The molecule has 3 N–H and O–H groups in total. The van der Waals surface area contributed by atoms with E-state index in [0.717, 1.165) is 22.5 Å². The van der Waals surface area contributed by atoms with Crippen molar-refractivity contribution in [1.82, 2.24) is 5.32 Å². The van der Waals surface area contributed by atoms with Crippen LogP contribution in [0.5, 0.6) is 0 Å². The molecule has 0 saturated heterocycles. The Kier molecular flexibility index (Phi) is 5.41. The summed E-state index contributed by atoms with van der Waals surface area (Å²) in [4.78, 5) is 12.4. The summed E-state index contributed by atoms with van der Waals surface area (Å²) in [6.07, 6.45) is 1.54. The quantitative estimate of drug-likeness (QED) is 0.610. The number of hydrogen-bond acceptors (Lipinski definition) is 4. The van der Waals surface area contributed by atoms with Crippen LogP contribution in [0.1, 0.15) is 28.5 Å². The first-order valence-electron chi connectivity index (χ1n) is 9.21. The summed E-state index contributed by atoms with van der Waals surface area (Å²) in [7, 11) is 0. The van der Waals surface area contributed by atoms with Crippen LogP contribution in [0.4, 0.5) is 10.5 Å². The van der Waals surface area contributed by atoms with Crippen molar-refractivity contribution in [3.05, 3.63) is 89.4 Å². The van der Waals surface area contributed by atoms with Gasteiger partial charge in [0.25, 0.3) is 0 Å². The minimum Gasteiger partial charge on any atom is -0.467 e. The van der Waals surface area contributed by atoms with Crippen LogP contribution in [0.3, 0.4) is 0 Å². The van der Waals surface area contributed by atoms with Crippen LogP contribution in [0.2, 0.25) is 0 Å². The van der Waals surface area contributed by atoms with Crippen molar-refractivity contribution < 1.29 is 19.1 Å². The van der Waals surface area contributed by atoms with E-state index in [1.165, 1.54) is 0 Å². The number of benzene rings is 2. The maximum Gasteiger partial charge on any atom is 0.319 e. The normalized spacial score (nSPS) is 17.9. The van der Waals surface area contributed by atoms with E-state index in [2.05, 4.69) is 10.6 Å². The Morgan fingerprint density at radius 1 is 1.11 bits per heavy atom. The van der Waals surface area contributed by atoms with Gasteiger partial charge in [0.05, 0.1) is 25.0 Å². The van der Waals surface area contributed by atoms with Gasteiger partial charge in [0.15, 0.2) is 0 Å². The van der Waals surface area contributed by atoms with Gasteiger partial charge in [-0.3, -0.25) is 0 Å². The van der Waals surface area contributed by atoms with E-state index in [1.54, 1.807) is 6.26 Å². The molecule has 2 amide bonds. The van der Waals surface area contributed by atoms with Crippen LogP contribution < -0.4 is 10.6 Å². The van der Waals surface area contributed by atoms with Crippen molar-refractivity contribution in [2.45, 2.75) is 31.8 Å². The third kappa shape index (κ3) is 4.24. The van der Waals surface area contributed by atoms with Gasteiger partial charge < -0.3 is 24.9 Å². The van der Waals surface area contributed by atoms with E-state index < -0.39 is 12.1 Å². The number of furan rings is 1. The van der Waals surface area contributed by atoms with Gasteiger partial charge in [-0.15, -0.1) is 0 Å². The van der Waals surface area contributed by atoms with Crippen molar-refractivity contribution in [3.8, 4) is 0 Å². The fourth-order valence-corrected chi connectivity index (χ4v) is 3.46. The van der Waals surface area contributed by atoms with Gasteiger partial charge >= 0.3 is 6.03 Å². The number of amides is 2. The molecule has 0 spiro atoms. The van der Waals surface area contributed by atoms with Crippen molar-refractivity contribution in [1.29, 1.82) is 0 Å². The second-order valence-electron chi connectivity index (χ2n) is 6.82. The smallest absolute Gasteiger partial charge is 0.319 e. The fraction of sp³-hybridized carbons (Fsp3) is 0.227. The first-order valence-corrected chi connectivity index (χ1v) is 9.21. The summed E-state index contributed by atoms with van der Waals surface area (Å²) in [5.41, 5.74) is 3.63. The number of urea groups is 1. The summed E-state index contributed by atoms with van der Waals surface area (Å²) in [6.45, 7) is 0.802. The number of ether oxygens (including phenoxy) is 1. The third-order valence-corrected chi connectivity index (χ3v) is 4.77. The zero-order valence-corrected chi connectivity index (χ0v) is 15.3. The Hall–Kier alpha value is -3.09. The number of rotatable bonds is 6. The zero-order valence-electron chi connectivity index (χ0n) is 15.3. The maximum atomic E-state index is 12.4. The standard InChI is InChI=1S/C22H22N2O4/c25-20-12-16-6-1-2-9-19(16)21(20)24-22(26)23-17-7-3-5-15(11-17)13-27-14-18-8-4-10-28-18/h1-11,20-21,25H,12-14H2,(H2,23,24,26)/t20-,21+/m0/s1. The van der Waals surface area contributed by atoms with Crippen molar-refractivity contribution >= 4 is 11.7 Å². The molecular weight excluding hydrogens is 356 g/mol. The number of fused-ring (bicyclic) bond motifs is 1. The largest absolute Gasteiger partial charge is 0.467 e. The van der Waals surface area contributed by atoms with Crippen LogP contribution in [0.15, 0.2) is 71.3 Å². The van der Waals surface area contributed by atoms with Gasteiger partial charge in [0, 0.05) is 12.1 Å². The summed E-state index contributed by atoms with van der Waals surface area (Å²) in [5, 5.41) is 16.0. The number of aliphatic hydroxyl groups excluding tert-OH is 1. The lowest BCUT2D eigenvalue weighted by molar-refractivity contribution is 0.0930. The lowest BCUT2D eigenvalue weighted by Gasteiger charge is -2.18. The number of carbonyl (C=O) groups is 1. The second-order valence-corrected chi connectivity index (χ2v) is 6.82. The molecule has 1 aliphatic carbocycles. The molecule has 0 bridgehead atoms. The molecule has 1 aromatic heterocycles. The molecular formula is C22H22N2O4. The average Bonchev–Trinajstić information content (AvgIpc) is 3.30. The molecule has 6 heteroatoms. The fourth-order valence-electron chi connectivity index (χ4n) is 3.46. The van der Waals surface area contributed by atoms with E-state index in [9.17, 15) is 9.90 Å². The molecule has 0 aliphatic heterocycles. The Labute approximate surface area is 163 Å². The molecule has 0 fully saturated rings. The van der Waals surface area contributed by atoms with E-state index >= 15 is 0 Å². The minimum absolute atomic E-state index is 0.352. The highest BCUT2D eigenvalue weighted by molar-refractivity contribution is 5.89. The maximum absolute atomic E-state index is 12.4. The number of carbonyl (C=O) groups excluding carboxylic acids is 1. The monoisotopic (exact) mass is 378 g/mol. The number of aliphatic hydroxyl groups is 1. The van der Waals surface area contributed by atoms with Crippen LogP contribution in [-0.4, -0.2) is 17.2 Å². The van der Waals surface area contributed by atoms with E-state index in [1.807, 2.05) is 60.7 Å². The van der Waals surface area contributed by atoms with Crippen molar-refractivity contribution in [2.24, 2.45) is 0 Å². The topological polar surface area (TPSA) is 83.7 Å². The number of nitrogens with one attached hydrogen (secondary N) is 2. The Balaban J connectivity index is 1.33. The Morgan fingerprint density at radius 3 is 2.86 bits per heavy atom. The lowest BCUT2D eigenvalue weighted by Crippen LogP contribution is -2.36. The van der Waals surface area contributed by atoms with Crippen LogP contribution in [0.25, 0.3) is 0 Å². The molecule has 144 valence electrons. The Morgan fingerprint density at radius 2 is 2.00 bits per heavy atom. The minimum atomic E-state index is -0.621. The first-order chi connectivity index (χ1) is 13.7. The summed E-state index contributed by atoms with van der Waals surface area (Å²) in [6, 6.07) is 18.2. The van der Waals surface area contributed by atoms with Gasteiger partial charge in [-0.2, -0.15) is 0 Å². The number of hydrogen-bond donors (Lipinski definition) is 3. The van der Waals surface area contributed by atoms with E-state index in [4.69, 9.17) is 9.15 Å². The summed E-state index contributed by atoms with van der Waals surface area (Å²) >= 11 is 0. The van der Waals surface area contributed by atoms with Gasteiger partial charge in [0.1, 0.15) is 12.4 Å². The molecule has 2 atom stereocenters. The van der Waals surface area contributed by atoms with Crippen molar-refractivity contribution in [2.75, 3.05) is 5.32 Å².